The van der Waals surface area contributed by atoms with E-state index in [0.717, 1.165) is 21.7 Å². The maximum Gasteiger partial charge on any atom is 0.231 e. The van der Waals surface area contributed by atoms with Gasteiger partial charge in [0.15, 0.2) is 11.5 Å². The van der Waals surface area contributed by atoms with Crippen molar-refractivity contribution in [3.05, 3.63) is 16.6 Å². The number of hydrogen-bond acceptors (Lipinski definition) is 3. The highest BCUT2D eigenvalue weighted by atomic mass is 79.9. The summed E-state index contributed by atoms with van der Waals surface area (Å²) in [7, 11) is 0. The molecular weight excluding hydrogens is 246 g/mol. The summed E-state index contributed by atoms with van der Waals surface area (Å²) in [6.07, 6.45) is 0. The number of halogens is 1. The number of fused-ring (bicyclic) bond motifs is 1. The zero-order valence-corrected chi connectivity index (χ0v) is 9.72. The van der Waals surface area contributed by atoms with E-state index in [2.05, 4.69) is 35.1 Å². The van der Waals surface area contributed by atoms with Gasteiger partial charge in [-0.2, -0.15) is 0 Å². The quantitative estimate of drug-likeness (QED) is 0.884. The first-order valence-electron chi connectivity index (χ1n) is 4.52. The molecule has 0 radical (unpaired) electrons. The Morgan fingerprint density at radius 1 is 1.29 bits per heavy atom. The molecule has 0 aliphatic carbocycles. The number of hydrogen-bond donors (Lipinski definition) is 1. The van der Waals surface area contributed by atoms with Gasteiger partial charge in [-0.05, 0) is 29.8 Å². The minimum Gasteiger partial charge on any atom is -0.454 e. The average molecular weight is 258 g/mol. The maximum absolute atomic E-state index is 5.29. The van der Waals surface area contributed by atoms with Crippen molar-refractivity contribution in [1.82, 2.24) is 0 Å². The molecule has 14 heavy (non-hydrogen) atoms. The zero-order chi connectivity index (χ0) is 10.1. The molecule has 4 heteroatoms. The molecule has 1 aliphatic rings. The molecule has 0 bridgehead atoms. The standard InChI is InChI=1S/C10H12BrNO2/c1-6(2)12-8-4-10-9(3-7(8)11)13-5-14-10/h3-4,6,12H,5H2,1-2H3. The van der Waals surface area contributed by atoms with E-state index >= 15 is 0 Å². The molecule has 0 aromatic heterocycles. The fraction of sp³-hybridized carbons (Fsp3) is 0.400. The molecule has 0 fully saturated rings. The van der Waals surface area contributed by atoms with E-state index in [1.54, 1.807) is 0 Å². The van der Waals surface area contributed by atoms with Crippen molar-refractivity contribution in [3.8, 4) is 11.5 Å². The van der Waals surface area contributed by atoms with Gasteiger partial charge in [0, 0.05) is 22.6 Å². The van der Waals surface area contributed by atoms with E-state index in [0.29, 0.717) is 12.8 Å². The Kier molecular flexibility index (Phi) is 2.54. The van der Waals surface area contributed by atoms with E-state index in [4.69, 9.17) is 9.47 Å². The van der Waals surface area contributed by atoms with Crippen molar-refractivity contribution in [2.75, 3.05) is 12.1 Å². The Labute approximate surface area is 91.5 Å². The van der Waals surface area contributed by atoms with E-state index in [-0.39, 0.29) is 0 Å². The van der Waals surface area contributed by atoms with Crippen LogP contribution in [0, 0.1) is 0 Å². The predicted octanol–water partition coefficient (Wildman–Crippen LogP) is 3.00. The summed E-state index contributed by atoms with van der Waals surface area (Å²) in [6, 6.07) is 4.27. The summed E-state index contributed by atoms with van der Waals surface area (Å²) < 4.78 is 11.5. The number of ether oxygens (including phenoxy) is 2. The monoisotopic (exact) mass is 257 g/mol. The molecule has 1 N–H and O–H groups in total. The first-order chi connectivity index (χ1) is 6.66. The van der Waals surface area contributed by atoms with Crippen LogP contribution in [0.4, 0.5) is 5.69 Å². The Balaban J connectivity index is 2.32. The summed E-state index contributed by atoms with van der Waals surface area (Å²) in [5.74, 6) is 1.60. The van der Waals surface area contributed by atoms with Gasteiger partial charge < -0.3 is 14.8 Å². The molecule has 1 aromatic carbocycles. The summed E-state index contributed by atoms with van der Waals surface area (Å²) in [5, 5.41) is 3.32. The van der Waals surface area contributed by atoms with Crippen molar-refractivity contribution >= 4 is 21.6 Å². The van der Waals surface area contributed by atoms with Crippen molar-refractivity contribution in [2.24, 2.45) is 0 Å². The second-order valence-electron chi connectivity index (χ2n) is 3.48. The number of nitrogens with one attached hydrogen (secondary N) is 1. The van der Waals surface area contributed by atoms with E-state index in [1.165, 1.54) is 0 Å². The SMILES string of the molecule is CC(C)Nc1cc2c(cc1Br)OCO2. The molecule has 0 saturated heterocycles. The first kappa shape index (κ1) is 9.65. The Morgan fingerprint density at radius 3 is 2.57 bits per heavy atom. The smallest absolute Gasteiger partial charge is 0.231 e. The molecule has 3 nitrogen and oxygen atoms in total. The normalized spacial score (nSPS) is 13.4. The van der Waals surface area contributed by atoms with Crippen LogP contribution in [-0.2, 0) is 0 Å². The molecule has 76 valence electrons. The highest BCUT2D eigenvalue weighted by Crippen LogP contribution is 2.39. The molecule has 0 atom stereocenters. The van der Waals surface area contributed by atoms with Gasteiger partial charge in [0.05, 0.1) is 5.69 Å². The maximum atomic E-state index is 5.29. The number of benzene rings is 1. The second kappa shape index (κ2) is 3.69. The van der Waals surface area contributed by atoms with Gasteiger partial charge in [0.1, 0.15) is 0 Å². The van der Waals surface area contributed by atoms with Crippen LogP contribution in [-0.4, -0.2) is 12.8 Å². The lowest BCUT2D eigenvalue weighted by molar-refractivity contribution is 0.174. The molecule has 0 amide bonds. The third kappa shape index (κ3) is 1.80. The van der Waals surface area contributed by atoms with Crippen LogP contribution in [0.15, 0.2) is 16.6 Å². The van der Waals surface area contributed by atoms with Crippen LogP contribution in [0.2, 0.25) is 0 Å². The van der Waals surface area contributed by atoms with Gasteiger partial charge in [0.25, 0.3) is 0 Å². The predicted molar refractivity (Wildman–Crippen MR) is 59.0 cm³/mol. The minimum atomic E-state index is 0.312. The first-order valence-corrected chi connectivity index (χ1v) is 5.32. The molecule has 0 saturated carbocycles. The lowest BCUT2D eigenvalue weighted by Gasteiger charge is -2.12. The van der Waals surface area contributed by atoms with Crippen LogP contribution >= 0.6 is 15.9 Å². The molecule has 0 unspecified atom stereocenters. The lowest BCUT2D eigenvalue weighted by atomic mass is 10.2. The van der Waals surface area contributed by atoms with Crippen LogP contribution in [0.5, 0.6) is 11.5 Å². The molecule has 1 aliphatic heterocycles. The van der Waals surface area contributed by atoms with Crippen LogP contribution in [0.1, 0.15) is 13.8 Å². The Bertz CT molecular complexity index is 352. The Morgan fingerprint density at radius 2 is 1.93 bits per heavy atom. The van der Waals surface area contributed by atoms with Gasteiger partial charge in [-0.15, -0.1) is 0 Å². The topological polar surface area (TPSA) is 30.5 Å². The summed E-state index contributed by atoms with van der Waals surface area (Å²) in [4.78, 5) is 0. The van der Waals surface area contributed by atoms with E-state index in [9.17, 15) is 0 Å². The second-order valence-corrected chi connectivity index (χ2v) is 4.34. The third-order valence-electron chi connectivity index (χ3n) is 1.91. The summed E-state index contributed by atoms with van der Waals surface area (Å²) in [5.41, 5.74) is 1.03. The van der Waals surface area contributed by atoms with Gasteiger partial charge in [-0.3, -0.25) is 0 Å². The number of anilines is 1. The van der Waals surface area contributed by atoms with Gasteiger partial charge in [0.2, 0.25) is 6.79 Å². The fourth-order valence-corrected chi connectivity index (χ4v) is 1.78. The summed E-state index contributed by atoms with van der Waals surface area (Å²) in [6.45, 7) is 4.50. The van der Waals surface area contributed by atoms with Crippen molar-refractivity contribution in [2.45, 2.75) is 19.9 Å². The third-order valence-corrected chi connectivity index (χ3v) is 2.56. The Hall–Kier alpha value is -0.900. The fourth-order valence-electron chi connectivity index (χ4n) is 1.34. The highest BCUT2D eigenvalue weighted by molar-refractivity contribution is 9.10. The van der Waals surface area contributed by atoms with Crippen LogP contribution < -0.4 is 14.8 Å². The van der Waals surface area contributed by atoms with Crippen molar-refractivity contribution < 1.29 is 9.47 Å². The van der Waals surface area contributed by atoms with E-state index < -0.39 is 0 Å². The largest absolute Gasteiger partial charge is 0.454 e. The van der Waals surface area contributed by atoms with Gasteiger partial charge in [-0.1, -0.05) is 0 Å². The zero-order valence-electron chi connectivity index (χ0n) is 8.13. The molecular formula is C10H12BrNO2. The van der Waals surface area contributed by atoms with Crippen LogP contribution in [0.25, 0.3) is 0 Å². The van der Waals surface area contributed by atoms with Crippen molar-refractivity contribution in [3.63, 3.8) is 0 Å². The van der Waals surface area contributed by atoms with Gasteiger partial charge in [-0.25, -0.2) is 0 Å². The lowest BCUT2D eigenvalue weighted by Crippen LogP contribution is -2.09. The van der Waals surface area contributed by atoms with Gasteiger partial charge >= 0.3 is 0 Å². The van der Waals surface area contributed by atoms with Crippen molar-refractivity contribution in [1.29, 1.82) is 0 Å². The molecule has 0 spiro atoms. The average Bonchev–Trinajstić information content (AvgIpc) is 2.51. The minimum absolute atomic E-state index is 0.312. The molecule has 1 heterocycles. The molecule has 2 rings (SSSR count). The highest BCUT2D eigenvalue weighted by Gasteiger charge is 2.16. The van der Waals surface area contributed by atoms with E-state index in [1.807, 2.05) is 12.1 Å². The number of rotatable bonds is 2. The molecule has 1 aromatic rings. The van der Waals surface area contributed by atoms with Crippen LogP contribution in [0.3, 0.4) is 0 Å². The summed E-state index contributed by atoms with van der Waals surface area (Å²) >= 11 is 3.48.